The maximum absolute atomic E-state index is 10.8. The Morgan fingerprint density at radius 1 is 0.955 bits per heavy atom. The number of allylic oxidation sites excluding steroid dienone is 1. The summed E-state index contributed by atoms with van der Waals surface area (Å²) in [6, 6.07) is 0. The summed E-state index contributed by atoms with van der Waals surface area (Å²) in [5.74, 6) is 0.166. The fourth-order valence-corrected chi connectivity index (χ4v) is 2.27. The molecule has 126 valence electrons. The Labute approximate surface area is 134 Å². The third-order valence-corrected chi connectivity index (χ3v) is 2.93. The van der Waals surface area contributed by atoms with Crippen LogP contribution in [0.15, 0.2) is 24.3 Å². The largest absolute Gasteiger partial charge is 0.389 e. The molecule has 0 heterocycles. The molecule has 2 aliphatic carbocycles. The topological polar surface area (TPSA) is 55.8 Å². The van der Waals surface area contributed by atoms with E-state index in [0.717, 1.165) is 0 Å². The van der Waals surface area contributed by atoms with Crippen molar-refractivity contribution in [3.63, 3.8) is 0 Å². The van der Waals surface area contributed by atoms with Gasteiger partial charge in [-0.25, -0.2) is 0 Å². The minimum absolute atomic E-state index is 0.00231. The van der Waals surface area contributed by atoms with E-state index in [-0.39, 0.29) is 35.3 Å². The first-order valence-electron chi connectivity index (χ1n) is 7.88. The predicted octanol–water partition coefficient (Wildman–Crippen LogP) is 3.19. The van der Waals surface area contributed by atoms with Crippen molar-refractivity contribution in [1.29, 1.82) is 0 Å². The number of ketones is 1. The van der Waals surface area contributed by atoms with Gasteiger partial charge in [-0.05, 0) is 47.6 Å². The van der Waals surface area contributed by atoms with Crippen LogP contribution in [0.2, 0.25) is 0 Å². The molecular weight excluding hydrogens is 280 g/mol. The molecule has 3 unspecified atom stereocenters. The van der Waals surface area contributed by atoms with E-state index in [1.165, 1.54) is 0 Å². The van der Waals surface area contributed by atoms with Crippen molar-refractivity contribution < 1.29 is 19.4 Å². The summed E-state index contributed by atoms with van der Waals surface area (Å²) < 4.78 is 11.2. The first-order chi connectivity index (χ1) is 9.94. The third kappa shape index (κ3) is 8.47. The lowest BCUT2D eigenvalue weighted by molar-refractivity contribution is -0.117. The number of aliphatic hydroxyl groups is 1. The molecule has 0 aromatic carbocycles. The second kappa shape index (κ2) is 7.53. The van der Waals surface area contributed by atoms with Crippen LogP contribution in [0.3, 0.4) is 0 Å². The Hall–Kier alpha value is -0.970. The van der Waals surface area contributed by atoms with Crippen molar-refractivity contribution >= 4 is 5.78 Å². The van der Waals surface area contributed by atoms with E-state index < -0.39 is 0 Å². The summed E-state index contributed by atoms with van der Waals surface area (Å²) in [6.45, 7) is 12.0. The molecule has 0 saturated heterocycles. The highest BCUT2D eigenvalue weighted by Crippen LogP contribution is 2.20. The van der Waals surface area contributed by atoms with Gasteiger partial charge in [0.15, 0.2) is 5.78 Å². The summed E-state index contributed by atoms with van der Waals surface area (Å²) in [4.78, 5) is 10.8. The molecule has 2 rings (SSSR count). The van der Waals surface area contributed by atoms with Crippen LogP contribution >= 0.6 is 0 Å². The van der Waals surface area contributed by atoms with Gasteiger partial charge in [0.25, 0.3) is 0 Å². The maximum Gasteiger partial charge on any atom is 0.158 e. The molecule has 2 aliphatic rings. The van der Waals surface area contributed by atoms with E-state index in [4.69, 9.17) is 14.6 Å². The van der Waals surface area contributed by atoms with Gasteiger partial charge in [-0.15, -0.1) is 0 Å². The summed E-state index contributed by atoms with van der Waals surface area (Å²) in [6.07, 6.45) is 8.15. The van der Waals surface area contributed by atoms with Gasteiger partial charge in [-0.2, -0.15) is 0 Å². The molecule has 0 aliphatic heterocycles. The van der Waals surface area contributed by atoms with Crippen molar-refractivity contribution in [2.75, 3.05) is 0 Å². The van der Waals surface area contributed by atoms with E-state index in [1.807, 2.05) is 53.7 Å². The van der Waals surface area contributed by atoms with E-state index in [1.54, 1.807) is 12.2 Å². The third-order valence-electron chi connectivity index (χ3n) is 2.93. The highest BCUT2D eigenvalue weighted by atomic mass is 16.5. The standard InChI is InChI=1S/C9H16O2.C9H14O2/c2*1-9(2,3)11-8-5-4-7(10)6-8/h4-5,7-8,10H,6H2,1-3H3;4-5,8H,6H2,1-3H3. The molecule has 0 saturated carbocycles. The average Bonchev–Trinajstić information content (AvgIpc) is 2.84. The Balaban J connectivity index is 0.000000220. The van der Waals surface area contributed by atoms with Gasteiger partial charge >= 0.3 is 0 Å². The lowest BCUT2D eigenvalue weighted by Gasteiger charge is -2.23. The molecule has 0 bridgehead atoms. The minimum atomic E-state index is -0.303. The number of ether oxygens (including phenoxy) is 2. The Morgan fingerprint density at radius 3 is 1.86 bits per heavy atom. The monoisotopic (exact) mass is 310 g/mol. The number of hydrogen-bond donors (Lipinski definition) is 1. The van der Waals surface area contributed by atoms with Gasteiger partial charge in [-0.1, -0.05) is 18.2 Å². The summed E-state index contributed by atoms with van der Waals surface area (Å²) >= 11 is 0. The SMILES string of the molecule is CC(C)(C)OC1C=CC(=O)C1.CC(C)(C)OC1C=CC(O)C1. The Morgan fingerprint density at radius 2 is 1.50 bits per heavy atom. The van der Waals surface area contributed by atoms with Crippen molar-refractivity contribution in [2.45, 2.75) is 83.9 Å². The second-order valence-corrected chi connectivity index (χ2v) is 7.75. The lowest BCUT2D eigenvalue weighted by Crippen LogP contribution is -2.26. The molecule has 3 atom stereocenters. The van der Waals surface area contributed by atoms with Gasteiger partial charge in [0.1, 0.15) is 0 Å². The van der Waals surface area contributed by atoms with Crippen molar-refractivity contribution in [3.8, 4) is 0 Å². The number of carbonyl (C=O) groups is 1. The van der Waals surface area contributed by atoms with Crippen LogP contribution in [0.5, 0.6) is 0 Å². The van der Waals surface area contributed by atoms with Gasteiger partial charge in [0.05, 0.1) is 29.5 Å². The average molecular weight is 310 g/mol. The van der Waals surface area contributed by atoms with Gasteiger partial charge in [0.2, 0.25) is 0 Å². The summed E-state index contributed by atoms with van der Waals surface area (Å²) in [7, 11) is 0. The fraction of sp³-hybridized carbons (Fsp3) is 0.722. The zero-order chi connectivity index (χ0) is 17.0. The highest BCUT2D eigenvalue weighted by molar-refractivity contribution is 5.92. The molecule has 22 heavy (non-hydrogen) atoms. The van der Waals surface area contributed by atoms with E-state index in [2.05, 4.69) is 0 Å². The maximum atomic E-state index is 10.8. The number of hydrogen-bond acceptors (Lipinski definition) is 4. The number of aliphatic hydroxyl groups excluding tert-OH is 1. The van der Waals surface area contributed by atoms with E-state index in [0.29, 0.717) is 12.8 Å². The quantitative estimate of drug-likeness (QED) is 0.796. The molecule has 0 amide bonds. The van der Waals surface area contributed by atoms with E-state index in [9.17, 15) is 4.79 Å². The molecule has 0 aromatic heterocycles. The first kappa shape index (κ1) is 19.1. The number of rotatable bonds is 2. The van der Waals surface area contributed by atoms with Gasteiger partial charge < -0.3 is 14.6 Å². The Kier molecular flexibility index (Phi) is 6.53. The second-order valence-electron chi connectivity index (χ2n) is 7.75. The van der Waals surface area contributed by atoms with Crippen LogP contribution in [0.25, 0.3) is 0 Å². The molecular formula is C18H30O4. The van der Waals surface area contributed by atoms with Crippen LogP contribution in [0, 0.1) is 0 Å². The van der Waals surface area contributed by atoms with Crippen molar-refractivity contribution in [3.05, 3.63) is 24.3 Å². The fourth-order valence-electron chi connectivity index (χ4n) is 2.27. The molecule has 0 fully saturated rings. The molecule has 1 N–H and O–H groups in total. The summed E-state index contributed by atoms with van der Waals surface area (Å²) in [5, 5.41) is 9.13. The predicted molar refractivity (Wildman–Crippen MR) is 87.8 cm³/mol. The van der Waals surface area contributed by atoms with Gasteiger partial charge in [-0.3, -0.25) is 4.79 Å². The highest BCUT2D eigenvalue weighted by Gasteiger charge is 2.23. The molecule has 0 aromatic rings. The van der Waals surface area contributed by atoms with Crippen LogP contribution in [-0.4, -0.2) is 40.4 Å². The van der Waals surface area contributed by atoms with Crippen LogP contribution < -0.4 is 0 Å². The molecule has 0 spiro atoms. The molecule has 0 radical (unpaired) electrons. The van der Waals surface area contributed by atoms with Crippen molar-refractivity contribution in [2.24, 2.45) is 0 Å². The molecule has 4 nitrogen and oxygen atoms in total. The van der Waals surface area contributed by atoms with Crippen LogP contribution in [0.4, 0.5) is 0 Å². The normalized spacial score (nSPS) is 28.0. The van der Waals surface area contributed by atoms with E-state index >= 15 is 0 Å². The first-order valence-corrected chi connectivity index (χ1v) is 7.88. The Bertz CT molecular complexity index is 423. The number of carbonyl (C=O) groups excluding carboxylic acids is 1. The van der Waals surface area contributed by atoms with Crippen molar-refractivity contribution in [1.82, 2.24) is 0 Å². The zero-order valence-electron chi connectivity index (χ0n) is 14.6. The van der Waals surface area contributed by atoms with Crippen LogP contribution in [-0.2, 0) is 14.3 Å². The molecule has 4 heteroatoms. The summed E-state index contributed by atoms with van der Waals surface area (Å²) in [5.41, 5.74) is -0.265. The minimum Gasteiger partial charge on any atom is -0.389 e. The van der Waals surface area contributed by atoms with Crippen LogP contribution in [0.1, 0.15) is 54.4 Å². The zero-order valence-corrected chi connectivity index (χ0v) is 14.6. The smallest absolute Gasteiger partial charge is 0.158 e. The van der Waals surface area contributed by atoms with Gasteiger partial charge in [0, 0.05) is 12.8 Å². The lowest BCUT2D eigenvalue weighted by atomic mass is 10.1.